The fraction of sp³-hybridized carbons (Fsp3) is 0.588. The maximum Gasteiger partial charge on any atom is 0.224 e. The molecule has 2 N–H and O–H groups in total. The molecule has 1 aliphatic rings. The molecule has 0 saturated carbocycles. The van der Waals surface area contributed by atoms with Crippen molar-refractivity contribution in [2.24, 2.45) is 11.8 Å². The first-order chi connectivity index (χ1) is 10.6. The Bertz CT molecular complexity index is 495. The number of rotatable bonds is 6. The molecule has 5 heteroatoms. The van der Waals surface area contributed by atoms with E-state index >= 15 is 0 Å². The van der Waals surface area contributed by atoms with Crippen LogP contribution in [0.4, 0.5) is 4.39 Å². The van der Waals surface area contributed by atoms with Crippen molar-refractivity contribution in [3.8, 4) is 0 Å². The van der Waals surface area contributed by atoms with E-state index in [9.17, 15) is 9.18 Å². The fourth-order valence-corrected chi connectivity index (χ4v) is 2.79. The summed E-state index contributed by atoms with van der Waals surface area (Å²) in [4.78, 5) is 14.4. The number of carbonyl (C=O) groups excluding carboxylic acids is 1. The van der Waals surface area contributed by atoms with Crippen LogP contribution in [0.2, 0.25) is 0 Å². The van der Waals surface area contributed by atoms with Crippen LogP contribution in [0.5, 0.6) is 0 Å². The zero-order valence-electron chi connectivity index (χ0n) is 13.1. The number of likely N-dealkylation sites (tertiary alicyclic amines) is 1. The van der Waals surface area contributed by atoms with Gasteiger partial charge in [-0.3, -0.25) is 9.69 Å². The van der Waals surface area contributed by atoms with Crippen LogP contribution in [0.3, 0.4) is 0 Å². The van der Waals surface area contributed by atoms with Gasteiger partial charge in [0.1, 0.15) is 5.82 Å². The summed E-state index contributed by atoms with van der Waals surface area (Å²) in [6.45, 7) is 4.81. The van der Waals surface area contributed by atoms with Gasteiger partial charge in [0.05, 0.1) is 5.92 Å². The summed E-state index contributed by atoms with van der Waals surface area (Å²) in [5.74, 6) is -0.102. The van der Waals surface area contributed by atoms with Gasteiger partial charge in [-0.15, -0.1) is 0 Å². The summed E-state index contributed by atoms with van der Waals surface area (Å²) in [6.07, 6.45) is 1.86. The monoisotopic (exact) mass is 308 g/mol. The molecule has 2 rings (SSSR count). The summed E-state index contributed by atoms with van der Waals surface area (Å²) >= 11 is 0. The standard InChI is InChI=1S/C17H25FN2O2/c1-13(12-21)9-19-17(22)15-5-3-7-20(11-15)10-14-4-2-6-16(18)8-14/h2,4,6,8,13,15,21H,3,5,7,9-12H2,1H3,(H,19,22). The number of hydrogen-bond donors (Lipinski definition) is 2. The number of piperidine rings is 1. The Morgan fingerprint density at radius 3 is 3.09 bits per heavy atom. The fourth-order valence-electron chi connectivity index (χ4n) is 2.79. The minimum absolute atomic E-state index is 0.0202. The number of amides is 1. The first-order valence-corrected chi connectivity index (χ1v) is 7.94. The minimum atomic E-state index is -0.221. The van der Waals surface area contributed by atoms with Crippen molar-refractivity contribution < 1.29 is 14.3 Å². The molecule has 0 aliphatic carbocycles. The van der Waals surface area contributed by atoms with Gasteiger partial charge in [0.15, 0.2) is 0 Å². The SMILES string of the molecule is CC(CO)CNC(=O)C1CCCN(Cc2cccc(F)c2)C1. The zero-order chi connectivity index (χ0) is 15.9. The maximum absolute atomic E-state index is 13.2. The second kappa shape index (κ2) is 8.25. The van der Waals surface area contributed by atoms with Gasteiger partial charge in [-0.2, -0.15) is 0 Å². The molecule has 1 aromatic rings. The van der Waals surface area contributed by atoms with Crippen LogP contribution >= 0.6 is 0 Å². The Balaban J connectivity index is 1.84. The Morgan fingerprint density at radius 2 is 2.36 bits per heavy atom. The summed E-state index contributed by atoms with van der Waals surface area (Å²) < 4.78 is 13.2. The lowest BCUT2D eigenvalue weighted by Crippen LogP contribution is -2.43. The average Bonchev–Trinajstić information content (AvgIpc) is 2.52. The molecule has 1 saturated heterocycles. The molecule has 1 aromatic carbocycles. The summed E-state index contributed by atoms with van der Waals surface area (Å²) in [5, 5.41) is 11.9. The van der Waals surface area contributed by atoms with Gasteiger partial charge >= 0.3 is 0 Å². The number of benzene rings is 1. The van der Waals surface area contributed by atoms with E-state index < -0.39 is 0 Å². The third kappa shape index (κ3) is 5.07. The van der Waals surface area contributed by atoms with Crippen LogP contribution in [0.15, 0.2) is 24.3 Å². The average molecular weight is 308 g/mol. The summed E-state index contributed by atoms with van der Waals surface area (Å²) in [7, 11) is 0. The molecular weight excluding hydrogens is 283 g/mol. The first-order valence-electron chi connectivity index (χ1n) is 7.94. The number of aliphatic hydroxyl groups is 1. The van der Waals surface area contributed by atoms with Gasteiger partial charge in [-0.25, -0.2) is 4.39 Å². The summed E-state index contributed by atoms with van der Waals surface area (Å²) in [5.41, 5.74) is 0.940. The van der Waals surface area contributed by atoms with Gasteiger partial charge in [0.25, 0.3) is 0 Å². The predicted octanol–water partition coefficient (Wildman–Crippen LogP) is 1.78. The molecule has 1 aliphatic heterocycles. The molecule has 122 valence electrons. The second-order valence-electron chi connectivity index (χ2n) is 6.24. The smallest absolute Gasteiger partial charge is 0.224 e. The van der Waals surface area contributed by atoms with Gasteiger partial charge in [-0.1, -0.05) is 19.1 Å². The third-order valence-electron chi connectivity index (χ3n) is 4.11. The van der Waals surface area contributed by atoms with Crippen LogP contribution in [-0.2, 0) is 11.3 Å². The van der Waals surface area contributed by atoms with Crippen molar-refractivity contribution in [2.45, 2.75) is 26.3 Å². The number of nitrogens with zero attached hydrogens (tertiary/aromatic N) is 1. The van der Waals surface area contributed by atoms with E-state index in [2.05, 4.69) is 10.2 Å². The van der Waals surface area contributed by atoms with E-state index in [-0.39, 0.29) is 30.2 Å². The van der Waals surface area contributed by atoms with E-state index in [0.29, 0.717) is 19.6 Å². The van der Waals surface area contributed by atoms with E-state index in [1.165, 1.54) is 6.07 Å². The normalized spacial score (nSPS) is 20.6. The van der Waals surface area contributed by atoms with Crippen LogP contribution < -0.4 is 5.32 Å². The van der Waals surface area contributed by atoms with Gasteiger partial charge < -0.3 is 10.4 Å². The van der Waals surface area contributed by atoms with Crippen molar-refractivity contribution in [1.29, 1.82) is 0 Å². The molecule has 1 heterocycles. The molecule has 1 fully saturated rings. The number of hydrogen-bond acceptors (Lipinski definition) is 3. The van der Waals surface area contributed by atoms with Crippen LogP contribution in [-0.4, -0.2) is 42.2 Å². The van der Waals surface area contributed by atoms with Crippen LogP contribution in [0.25, 0.3) is 0 Å². The van der Waals surface area contributed by atoms with Gasteiger partial charge in [-0.05, 0) is 43.0 Å². The molecule has 1 amide bonds. The second-order valence-corrected chi connectivity index (χ2v) is 6.24. The number of halogens is 1. The minimum Gasteiger partial charge on any atom is -0.396 e. The number of aliphatic hydroxyl groups excluding tert-OH is 1. The van der Waals surface area contributed by atoms with Crippen molar-refractivity contribution >= 4 is 5.91 Å². The molecule has 22 heavy (non-hydrogen) atoms. The Morgan fingerprint density at radius 1 is 1.55 bits per heavy atom. The largest absolute Gasteiger partial charge is 0.396 e. The summed E-state index contributed by atoms with van der Waals surface area (Å²) in [6, 6.07) is 6.62. The van der Waals surface area contributed by atoms with Crippen molar-refractivity contribution in [1.82, 2.24) is 10.2 Å². The highest BCUT2D eigenvalue weighted by Gasteiger charge is 2.25. The Hall–Kier alpha value is -1.46. The van der Waals surface area contributed by atoms with E-state index in [1.807, 2.05) is 13.0 Å². The molecule has 0 spiro atoms. The predicted molar refractivity (Wildman–Crippen MR) is 83.7 cm³/mol. The highest BCUT2D eigenvalue weighted by Crippen LogP contribution is 2.19. The van der Waals surface area contributed by atoms with Crippen LogP contribution in [0, 0.1) is 17.7 Å². The highest BCUT2D eigenvalue weighted by molar-refractivity contribution is 5.78. The van der Waals surface area contributed by atoms with Crippen LogP contribution in [0.1, 0.15) is 25.3 Å². The molecule has 0 aromatic heterocycles. The molecule has 4 nitrogen and oxygen atoms in total. The van der Waals surface area contributed by atoms with E-state index in [4.69, 9.17) is 5.11 Å². The molecule has 2 unspecified atom stereocenters. The lowest BCUT2D eigenvalue weighted by atomic mass is 9.96. The molecular formula is C17H25FN2O2. The molecule has 0 bridgehead atoms. The topological polar surface area (TPSA) is 52.6 Å². The molecule has 0 radical (unpaired) electrons. The lowest BCUT2D eigenvalue weighted by molar-refractivity contribution is -0.127. The van der Waals surface area contributed by atoms with Gasteiger partial charge in [0, 0.05) is 26.2 Å². The van der Waals surface area contributed by atoms with Crippen molar-refractivity contribution in [3.05, 3.63) is 35.6 Å². The maximum atomic E-state index is 13.2. The quantitative estimate of drug-likeness (QED) is 0.842. The number of nitrogens with one attached hydrogen (secondary N) is 1. The zero-order valence-corrected chi connectivity index (χ0v) is 13.1. The number of carbonyl (C=O) groups is 1. The molecule has 2 atom stereocenters. The van der Waals surface area contributed by atoms with Crippen molar-refractivity contribution in [2.75, 3.05) is 26.2 Å². The highest BCUT2D eigenvalue weighted by atomic mass is 19.1. The van der Waals surface area contributed by atoms with E-state index in [0.717, 1.165) is 24.9 Å². The Labute approximate surface area is 131 Å². The van der Waals surface area contributed by atoms with E-state index in [1.54, 1.807) is 12.1 Å². The van der Waals surface area contributed by atoms with Gasteiger partial charge in [0.2, 0.25) is 5.91 Å². The lowest BCUT2D eigenvalue weighted by Gasteiger charge is -2.32. The first kappa shape index (κ1) is 16.9. The van der Waals surface area contributed by atoms with Crippen molar-refractivity contribution in [3.63, 3.8) is 0 Å². The third-order valence-corrected chi connectivity index (χ3v) is 4.11. The Kier molecular flexibility index (Phi) is 6.34.